The van der Waals surface area contributed by atoms with Crippen molar-refractivity contribution < 1.29 is 4.79 Å². The molecule has 0 saturated heterocycles. The third kappa shape index (κ3) is 2.48. The van der Waals surface area contributed by atoms with Crippen molar-refractivity contribution in [2.45, 2.75) is 13.8 Å². The number of nitrogens with zero attached hydrogens (tertiary/aromatic N) is 1. The number of hydrogen-bond acceptors (Lipinski definition) is 1. The number of nitrogens with one attached hydrogen (secondary N) is 1. The molecule has 0 unspecified atom stereocenters. The van der Waals surface area contributed by atoms with Gasteiger partial charge in [0.25, 0.3) is 5.91 Å². The molecule has 3 nitrogen and oxygen atoms in total. The molecule has 0 fully saturated rings. The first-order chi connectivity index (χ1) is 8.49. The number of aromatic nitrogens is 1. The summed E-state index contributed by atoms with van der Waals surface area (Å²) >= 11 is 3.38. The van der Waals surface area contributed by atoms with Crippen LogP contribution in [-0.2, 0) is 7.05 Å². The van der Waals surface area contributed by atoms with Crippen molar-refractivity contribution in [2.24, 2.45) is 7.05 Å². The van der Waals surface area contributed by atoms with Crippen LogP contribution in [0.2, 0.25) is 0 Å². The van der Waals surface area contributed by atoms with Crippen LogP contribution in [0.1, 0.15) is 21.7 Å². The Kier molecular flexibility index (Phi) is 3.57. The van der Waals surface area contributed by atoms with E-state index < -0.39 is 0 Å². The summed E-state index contributed by atoms with van der Waals surface area (Å²) in [7, 11) is 1.96. The van der Waals surface area contributed by atoms with Crippen molar-refractivity contribution in [2.75, 3.05) is 5.32 Å². The zero-order valence-electron chi connectivity index (χ0n) is 10.6. The molecule has 0 aliphatic heterocycles. The van der Waals surface area contributed by atoms with Gasteiger partial charge in [0.15, 0.2) is 0 Å². The number of amides is 1. The average Bonchev–Trinajstić information content (AvgIpc) is 2.57. The molecule has 0 bridgehead atoms. The highest BCUT2D eigenvalue weighted by atomic mass is 79.9. The minimum absolute atomic E-state index is 0.0747. The molecule has 1 N–H and O–H groups in total. The van der Waals surface area contributed by atoms with Gasteiger partial charge < -0.3 is 9.88 Å². The van der Waals surface area contributed by atoms with Crippen LogP contribution in [0.25, 0.3) is 0 Å². The summed E-state index contributed by atoms with van der Waals surface area (Å²) in [4.78, 5) is 12.2. The van der Waals surface area contributed by atoms with Gasteiger partial charge in [-0.15, -0.1) is 0 Å². The summed E-state index contributed by atoms with van der Waals surface area (Å²) < 4.78 is 2.96. The van der Waals surface area contributed by atoms with E-state index in [-0.39, 0.29) is 5.91 Å². The highest BCUT2D eigenvalue weighted by Gasteiger charge is 2.13. The second-order valence-corrected chi connectivity index (χ2v) is 5.22. The molecule has 0 aliphatic carbocycles. The molecule has 1 aromatic heterocycles. The van der Waals surface area contributed by atoms with Gasteiger partial charge in [0, 0.05) is 28.6 Å². The van der Waals surface area contributed by atoms with E-state index in [1.165, 1.54) is 0 Å². The molecule has 1 aromatic carbocycles. The Morgan fingerprint density at radius 1 is 1.28 bits per heavy atom. The number of rotatable bonds is 2. The Balaban J connectivity index is 2.25. The fourth-order valence-electron chi connectivity index (χ4n) is 1.85. The number of benzene rings is 1. The molecule has 1 heterocycles. The molecule has 0 radical (unpaired) electrons. The molecule has 0 atom stereocenters. The van der Waals surface area contributed by atoms with Crippen molar-refractivity contribution in [3.63, 3.8) is 0 Å². The standard InChI is InChI=1S/C14H15BrN2O/c1-9-7-13(10(2)17(9)3)14(18)16-12-6-4-5-11(15)8-12/h4-8H,1-3H3,(H,16,18). The first-order valence-electron chi connectivity index (χ1n) is 5.69. The van der Waals surface area contributed by atoms with E-state index in [0.717, 1.165) is 27.1 Å². The predicted octanol–water partition coefficient (Wildman–Crippen LogP) is 3.66. The van der Waals surface area contributed by atoms with Crippen molar-refractivity contribution >= 4 is 27.5 Å². The van der Waals surface area contributed by atoms with E-state index in [0.29, 0.717) is 0 Å². The number of halogens is 1. The number of carbonyl (C=O) groups is 1. The van der Waals surface area contributed by atoms with E-state index in [2.05, 4.69) is 21.2 Å². The van der Waals surface area contributed by atoms with Crippen molar-refractivity contribution in [1.82, 2.24) is 4.57 Å². The van der Waals surface area contributed by atoms with Crippen LogP contribution in [0.3, 0.4) is 0 Å². The molecule has 0 aliphatic rings. The van der Waals surface area contributed by atoms with Gasteiger partial charge in [-0.3, -0.25) is 4.79 Å². The van der Waals surface area contributed by atoms with Crippen LogP contribution in [0.4, 0.5) is 5.69 Å². The van der Waals surface area contributed by atoms with Crippen LogP contribution in [0.15, 0.2) is 34.8 Å². The van der Waals surface area contributed by atoms with Gasteiger partial charge in [0.05, 0.1) is 5.56 Å². The minimum Gasteiger partial charge on any atom is -0.351 e. The Morgan fingerprint density at radius 2 is 2.00 bits per heavy atom. The smallest absolute Gasteiger partial charge is 0.257 e. The topological polar surface area (TPSA) is 34.0 Å². The predicted molar refractivity (Wildman–Crippen MR) is 77.0 cm³/mol. The summed E-state index contributed by atoms with van der Waals surface area (Å²) in [6.45, 7) is 3.94. The van der Waals surface area contributed by atoms with Gasteiger partial charge in [-0.05, 0) is 38.1 Å². The van der Waals surface area contributed by atoms with Crippen LogP contribution < -0.4 is 5.32 Å². The molecule has 0 spiro atoms. The van der Waals surface area contributed by atoms with Gasteiger partial charge in [-0.2, -0.15) is 0 Å². The lowest BCUT2D eigenvalue weighted by Gasteiger charge is -2.06. The lowest BCUT2D eigenvalue weighted by Crippen LogP contribution is -2.12. The van der Waals surface area contributed by atoms with Gasteiger partial charge in [-0.1, -0.05) is 22.0 Å². The summed E-state index contributed by atoms with van der Waals surface area (Å²) in [5.74, 6) is -0.0747. The Labute approximate surface area is 115 Å². The van der Waals surface area contributed by atoms with Gasteiger partial charge in [-0.25, -0.2) is 0 Å². The Hall–Kier alpha value is -1.55. The van der Waals surface area contributed by atoms with E-state index in [1.807, 2.05) is 55.8 Å². The lowest BCUT2D eigenvalue weighted by atomic mass is 10.2. The zero-order valence-corrected chi connectivity index (χ0v) is 12.2. The highest BCUT2D eigenvalue weighted by Crippen LogP contribution is 2.18. The molecular formula is C14H15BrN2O. The van der Waals surface area contributed by atoms with Gasteiger partial charge >= 0.3 is 0 Å². The fraction of sp³-hybridized carbons (Fsp3) is 0.214. The summed E-state index contributed by atoms with van der Waals surface area (Å²) in [6, 6.07) is 9.47. The Morgan fingerprint density at radius 3 is 2.56 bits per heavy atom. The third-order valence-corrected chi connectivity index (χ3v) is 3.60. The van der Waals surface area contributed by atoms with E-state index in [9.17, 15) is 4.79 Å². The maximum absolute atomic E-state index is 12.2. The number of anilines is 1. The summed E-state index contributed by atoms with van der Waals surface area (Å²) in [5.41, 5.74) is 3.55. The SMILES string of the molecule is Cc1cc(C(=O)Nc2cccc(Br)c2)c(C)n1C. The molecule has 2 aromatic rings. The molecule has 2 rings (SSSR count). The molecule has 94 valence electrons. The Bertz CT molecular complexity index is 602. The molecule has 4 heteroatoms. The molecule has 18 heavy (non-hydrogen) atoms. The van der Waals surface area contributed by atoms with Crippen LogP contribution in [0.5, 0.6) is 0 Å². The lowest BCUT2D eigenvalue weighted by molar-refractivity contribution is 0.102. The number of aryl methyl sites for hydroxylation is 1. The first-order valence-corrected chi connectivity index (χ1v) is 6.48. The molecule has 1 amide bonds. The van der Waals surface area contributed by atoms with Crippen molar-refractivity contribution in [1.29, 1.82) is 0 Å². The summed E-state index contributed by atoms with van der Waals surface area (Å²) in [6.07, 6.45) is 0. The monoisotopic (exact) mass is 306 g/mol. The second kappa shape index (κ2) is 4.98. The number of carbonyl (C=O) groups excluding carboxylic acids is 1. The second-order valence-electron chi connectivity index (χ2n) is 4.31. The fourth-order valence-corrected chi connectivity index (χ4v) is 2.25. The summed E-state index contributed by atoms with van der Waals surface area (Å²) in [5, 5.41) is 2.90. The normalized spacial score (nSPS) is 10.4. The average molecular weight is 307 g/mol. The molecular weight excluding hydrogens is 292 g/mol. The van der Waals surface area contributed by atoms with E-state index in [4.69, 9.17) is 0 Å². The maximum atomic E-state index is 12.2. The van der Waals surface area contributed by atoms with Crippen LogP contribution in [-0.4, -0.2) is 10.5 Å². The first kappa shape index (κ1) is 12.9. The van der Waals surface area contributed by atoms with Crippen LogP contribution in [0, 0.1) is 13.8 Å². The largest absolute Gasteiger partial charge is 0.351 e. The quantitative estimate of drug-likeness (QED) is 0.902. The van der Waals surface area contributed by atoms with Crippen molar-refractivity contribution in [3.8, 4) is 0 Å². The zero-order chi connectivity index (χ0) is 13.3. The molecule has 0 saturated carbocycles. The van der Waals surface area contributed by atoms with Crippen LogP contribution >= 0.6 is 15.9 Å². The number of hydrogen-bond donors (Lipinski definition) is 1. The highest BCUT2D eigenvalue weighted by molar-refractivity contribution is 9.10. The van der Waals surface area contributed by atoms with Crippen molar-refractivity contribution in [3.05, 3.63) is 51.8 Å². The van der Waals surface area contributed by atoms with Gasteiger partial charge in [0.1, 0.15) is 0 Å². The third-order valence-electron chi connectivity index (χ3n) is 3.10. The minimum atomic E-state index is -0.0747. The maximum Gasteiger partial charge on any atom is 0.257 e. The van der Waals surface area contributed by atoms with E-state index >= 15 is 0 Å². The van der Waals surface area contributed by atoms with Gasteiger partial charge in [0.2, 0.25) is 0 Å². The van der Waals surface area contributed by atoms with E-state index in [1.54, 1.807) is 0 Å².